The second-order valence-corrected chi connectivity index (χ2v) is 8.20. The molecule has 4 rings (SSSR count). The molecule has 1 aromatic carbocycles. The fraction of sp³-hybridized carbons (Fsp3) is 0.550. The maximum Gasteiger partial charge on any atom is 0.326 e. The molecule has 1 aliphatic carbocycles. The van der Waals surface area contributed by atoms with Gasteiger partial charge in [-0.25, -0.2) is 4.79 Å². The third-order valence-electron chi connectivity index (χ3n) is 5.93. The number of imide groups is 1. The van der Waals surface area contributed by atoms with Gasteiger partial charge in [-0.1, -0.05) is 31.4 Å². The third kappa shape index (κ3) is 3.67. The molecule has 2 heterocycles. The van der Waals surface area contributed by atoms with Gasteiger partial charge in [0, 0.05) is 16.1 Å². The second-order valence-electron chi connectivity index (χ2n) is 7.76. The molecule has 3 aliphatic rings. The van der Waals surface area contributed by atoms with Gasteiger partial charge in [0.2, 0.25) is 0 Å². The first-order valence-electron chi connectivity index (χ1n) is 9.72. The number of fused-ring (bicyclic) bond motifs is 1. The normalized spacial score (nSPS) is 26.1. The number of benzene rings is 1. The molecule has 1 N–H and O–H groups in total. The van der Waals surface area contributed by atoms with Crippen molar-refractivity contribution in [2.45, 2.75) is 51.4 Å². The molecule has 156 valence electrons. The molecule has 0 radical (unpaired) electrons. The molecule has 1 saturated heterocycles. The summed E-state index contributed by atoms with van der Waals surface area (Å²) in [6, 6.07) is 2.85. The van der Waals surface area contributed by atoms with E-state index in [0.29, 0.717) is 29.4 Å². The summed E-state index contributed by atoms with van der Waals surface area (Å²) in [5.74, 6) is -0.397. The summed E-state index contributed by atoms with van der Waals surface area (Å²) in [7, 11) is 0. The van der Waals surface area contributed by atoms with E-state index >= 15 is 0 Å². The third-order valence-corrected chi connectivity index (χ3v) is 6.15. The zero-order valence-electron chi connectivity index (χ0n) is 16.2. The van der Waals surface area contributed by atoms with Gasteiger partial charge in [0.05, 0.1) is 6.61 Å². The van der Waals surface area contributed by atoms with Crippen molar-refractivity contribution in [3.8, 4) is 5.75 Å². The smallest absolute Gasteiger partial charge is 0.326 e. The van der Waals surface area contributed by atoms with Gasteiger partial charge in [0.25, 0.3) is 5.91 Å². The number of ether oxygens (including phenoxy) is 3. The van der Waals surface area contributed by atoms with Gasteiger partial charge in [-0.2, -0.15) is 0 Å². The predicted molar refractivity (Wildman–Crippen MR) is 102 cm³/mol. The van der Waals surface area contributed by atoms with Crippen molar-refractivity contribution in [3.63, 3.8) is 0 Å². The van der Waals surface area contributed by atoms with Crippen molar-refractivity contribution in [2.24, 2.45) is 5.92 Å². The highest BCUT2D eigenvalue weighted by Crippen LogP contribution is 2.38. The number of amides is 3. The largest absolute Gasteiger partial charge is 0.467 e. The van der Waals surface area contributed by atoms with Crippen LogP contribution < -0.4 is 10.1 Å². The number of esters is 1. The molecular weight excluding hydrogens is 400 g/mol. The lowest BCUT2D eigenvalue weighted by Gasteiger charge is -2.36. The summed E-state index contributed by atoms with van der Waals surface area (Å²) in [6.07, 6.45) is 3.37. The number of halogens is 1. The van der Waals surface area contributed by atoms with Gasteiger partial charge >= 0.3 is 12.0 Å². The minimum absolute atomic E-state index is 0.0334. The minimum atomic E-state index is -0.893. The number of hydrogen-bond acceptors (Lipinski definition) is 6. The lowest BCUT2D eigenvalue weighted by atomic mass is 9.73. The summed E-state index contributed by atoms with van der Waals surface area (Å²) in [6.45, 7) is 1.93. The van der Waals surface area contributed by atoms with Gasteiger partial charge in [0.15, 0.2) is 6.79 Å². The molecule has 29 heavy (non-hydrogen) atoms. The highest BCUT2D eigenvalue weighted by Gasteiger charge is 2.55. The van der Waals surface area contributed by atoms with Crippen LogP contribution >= 0.6 is 11.6 Å². The van der Waals surface area contributed by atoms with Crippen LogP contribution in [0.4, 0.5) is 4.79 Å². The van der Waals surface area contributed by atoms with Gasteiger partial charge in [-0.15, -0.1) is 0 Å². The van der Waals surface area contributed by atoms with Crippen LogP contribution in [0.25, 0.3) is 0 Å². The monoisotopic (exact) mass is 422 g/mol. The molecule has 9 heteroatoms. The van der Waals surface area contributed by atoms with Gasteiger partial charge < -0.3 is 19.5 Å². The maximum atomic E-state index is 12.9. The number of carbonyl (C=O) groups excluding carboxylic acids is 3. The van der Waals surface area contributed by atoms with Crippen LogP contribution in [0.3, 0.4) is 0 Å². The summed E-state index contributed by atoms with van der Waals surface area (Å²) in [5.41, 5.74) is 0.492. The Morgan fingerprint density at radius 3 is 3.00 bits per heavy atom. The molecule has 2 aliphatic heterocycles. The fourth-order valence-electron chi connectivity index (χ4n) is 4.34. The topological polar surface area (TPSA) is 94.2 Å². The van der Waals surface area contributed by atoms with Crippen molar-refractivity contribution in [1.82, 2.24) is 10.2 Å². The number of carbonyl (C=O) groups is 3. The number of urea groups is 1. The van der Waals surface area contributed by atoms with E-state index in [9.17, 15) is 14.4 Å². The first-order valence-corrected chi connectivity index (χ1v) is 10.1. The zero-order valence-corrected chi connectivity index (χ0v) is 16.9. The molecule has 0 unspecified atom stereocenters. The Hall–Kier alpha value is -2.32. The summed E-state index contributed by atoms with van der Waals surface area (Å²) < 4.78 is 16.0. The van der Waals surface area contributed by atoms with Gasteiger partial charge in [-0.3, -0.25) is 14.5 Å². The average molecular weight is 423 g/mol. The molecule has 0 bridgehead atoms. The Morgan fingerprint density at radius 2 is 2.21 bits per heavy atom. The van der Waals surface area contributed by atoms with Crippen LogP contribution in [-0.4, -0.2) is 41.7 Å². The fourth-order valence-corrected chi connectivity index (χ4v) is 4.60. The molecule has 2 atom stereocenters. The van der Waals surface area contributed by atoms with Crippen molar-refractivity contribution in [3.05, 3.63) is 28.3 Å². The Kier molecular flexibility index (Phi) is 5.40. The average Bonchev–Trinajstić information content (AvgIpc) is 2.93. The van der Waals surface area contributed by atoms with Crippen molar-refractivity contribution < 1.29 is 28.6 Å². The number of nitrogens with zero attached hydrogens (tertiary/aromatic N) is 1. The first kappa shape index (κ1) is 20.0. The number of rotatable bonds is 4. The van der Waals surface area contributed by atoms with E-state index < -0.39 is 24.1 Å². The zero-order chi connectivity index (χ0) is 20.6. The van der Waals surface area contributed by atoms with E-state index in [4.69, 9.17) is 25.8 Å². The van der Waals surface area contributed by atoms with Crippen LogP contribution in [0.15, 0.2) is 12.1 Å². The van der Waals surface area contributed by atoms with Gasteiger partial charge in [0.1, 0.15) is 24.4 Å². The molecule has 0 aromatic heterocycles. The summed E-state index contributed by atoms with van der Waals surface area (Å²) in [5, 5.41) is 3.30. The van der Waals surface area contributed by atoms with Crippen molar-refractivity contribution in [1.29, 1.82) is 0 Å². The Bertz CT molecular complexity index is 860. The van der Waals surface area contributed by atoms with E-state index in [-0.39, 0.29) is 25.2 Å². The summed E-state index contributed by atoms with van der Waals surface area (Å²) >= 11 is 6.11. The Morgan fingerprint density at radius 1 is 1.38 bits per heavy atom. The van der Waals surface area contributed by atoms with Crippen LogP contribution in [0.2, 0.25) is 5.02 Å². The molecule has 8 nitrogen and oxygen atoms in total. The number of nitrogens with one attached hydrogen (secondary N) is 1. The maximum absolute atomic E-state index is 12.9. The van der Waals surface area contributed by atoms with Crippen LogP contribution in [-0.2, 0) is 32.3 Å². The molecule has 2 fully saturated rings. The molecule has 1 saturated carbocycles. The van der Waals surface area contributed by atoms with E-state index in [0.717, 1.165) is 29.7 Å². The highest BCUT2D eigenvalue weighted by atomic mass is 35.5. The highest BCUT2D eigenvalue weighted by molar-refractivity contribution is 6.30. The van der Waals surface area contributed by atoms with E-state index in [1.54, 1.807) is 12.1 Å². The first-order chi connectivity index (χ1) is 13.9. The summed E-state index contributed by atoms with van der Waals surface area (Å²) in [4.78, 5) is 38.7. The van der Waals surface area contributed by atoms with Crippen LogP contribution in [0, 0.1) is 5.92 Å². The Labute approximate surface area is 173 Å². The minimum Gasteiger partial charge on any atom is -0.467 e. The number of hydrogen-bond donors (Lipinski definition) is 1. The second kappa shape index (κ2) is 7.84. The lowest BCUT2D eigenvalue weighted by molar-refractivity contribution is -0.149. The van der Waals surface area contributed by atoms with Crippen molar-refractivity contribution >= 4 is 29.5 Å². The standard InChI is InChI=1S/C20H23ClN2O6/c1-12-4-2-3-5-20(12)18(25)23(19(26)22-20)8-16(24)28-10-14-7-15(21)6-13-9-27-11-29-17(13)14/h6-7,12H,2-5,8-11H2,1H3,(H,22,26)/t12-,20+/m1/s1. The Balaban J connectivity index is 1.41. The van der Waals surface area contributed by atoms with E-state index in [1.165, 1.54) is 0 Å². The lowest BCUT2D eigenvalue weighted by Crippen LogP contribution is -2.54. The molecular formula is C20H23ClN2O6. The predicted octanol–water partition coefficient (Wildman–Crippen LogP) is 2.75. The quantitative estimate of drug-likeness (QED) is 0.592. The molecule has 3 amide bonds. The van der Waals surface area contributed by atoms with Gasteiger partial charge in [-0.05, 0) is 30.9 Å². The van der Waals surface area contributed by atoms with Crippen LogP contribution in [0.1, 0.15) is 43.7 Å². The SMILES string of the molecule is C[C@@H]1CCCC[C@]12NC(=O)N(CC(=O)OCc1cc(Cl)cc3c1OCOC3)C2=O. The molecule has 1 spiro atoms. The molecule has 1 aromatic rings. The van der Waals surface area contributed by atoms with Crippen LogP contribution in [0.5, 0.6) is 5.75 Å². The van der Waals surface area contributed by atoms with E-state index in [2.05, 4.69) is 5.32 Å². The van der Waals surface area contributed by atoms with Crippen molar-refractivity contribution in [2.75, 3.05) is 13.3 Å². The van der Waals surface area contributed by atoms with E-state index in [1.807, 2.05) is 6.92 Å².